The number of nitrogens with zero attached hydrogens (tertiary/aromatic N) is 2. The summed E-state index contributed by atoms with van der Waals surface area (Å²) in [5.41, 5.74) is 3.63. The smallest absolute Gasteiger partial charge is 0.111 e. The third-order valence-electron chi connectivity index (χ3n) is 4.04. The van der Waals surface area contributed by atoms with Gasteiger partial charge in [0.1, 0.15) is 5.82 Å². The van der Waals surface area contributed by atoms with Gasteiger partial charge in [-0.25, -0.2) is 4.98 Å². The SMILES string of the molecule is CNC(Cc1ccccc1)Cc1nc2ccccc2n1C. The number of hydrogen-bond donors (Lipinski definition) is 1. The van der Waals surface area contributed by atoms with Gasteiger partial charge in [-0.2, -0.15) is 0 Å². The van der Waals surface area contributed by atoms with Crippen LogP contribution in [-0.4, -0.2) is 22.6 Å². The first-order valence-electron chi connectivity index (χ1n) is 7.39. The van der Waals surface area contributed by atoms with Crippen molar-refractivity contribution < 1.29 is 0 Å². The van der Waals surface area contributed by atoms with E-state index in [-0.39, 0.29) is 0 Å². The van der Waals surface area contributed by atoms with Crippen LogP contribution in [0.5, 0.6) is 0 Å². The van der Waals surface area contributed by atoms with E-state index in [1.54, 1.807) is 0 Å². The molecule has 0 saturated heterocycles. The molecule has 108 valence electrons. The average molecular weight is 279 g/mol. The summed E-state index contributed by atoms with van der Waals surface area (Å²) >= 11 is 0. The van der Waals surface area contributed by atoms with Gasteiger partial charge in [0.2, 0.25) is 0 Å². The van der Waals surface area contributed by atoms with Crippen LogP contribution in [-0.2, 0) is 19.9 Å². The number of hydrogen-bond acceptors (Lipinski definition) is 2. The van der Waals surface area contributed by atoms with Crippen LogP contribution >= 0.6 is 0 Å². The summed E-state index contributed by atoms with van der Waals surface area (Å²) in [4.78, 5) is 4.76. The maximum Gasteiger partial charge on any atom is 0.111 e. The van der Waals surface area contributed by atoms with E-state index in [9.17, 15) is 0 Å². The lowest BCUT2D eigenvalue weighted by Crippen LogP contribution is -2.30. The van der Waals surface area contributed by atoms with Crippen molar-refractivity contribution in [2.45, 2.75) is 18.9 Å². The molecule has 0 amide bonds. The van der Waals surface area contributed by atoms with Crippen LogP contribution in [0.1, 0.15) is 11.4 Å². The number of nitrogens with one attached hydrogen (secondary N) is 1. The summed E-state index contributed by atoms with van der Waals surface area (Å²) in [5, 5.41) is 3.42. The lowest BCUT2D eigenvalue weighted by atomic mass is 10.0. The number of imidazole rings is 1. The molecule has 3 aromatic rings. The second-order valence-electron chi connectivity index (χ2n) is 5.46. The molecular weight excluding hydrogens is 258 g/mol. The van der Waals surface area contributed by atoms with E-state index in [2.05, 4.69) is 65.5 Å². The summed E-state index contributed by atoms with van der Waals surface area (Å²) in [6, 6.07) is 19.3. The molecule has 2 aromatic carbocycles. The van der Waals surface area contributed by atoms with E-state index in [0.29, 0.717) is 6.04 Å². The van der Waals surface area contributed by atoms with E-state index in [1.165, 1.54) is 11.1 Å². The number of benzene rings is 2. The molecule has 0 fully saturated rings. The summed E-state index contributed by atoms with van der Waals surface area (Å²) in [6.07, 6.45) is 1.94. The number of fused-ring (bicyclic) bond motifs is 1. The second-order valence-corrected chi connectivity index (χ2v) is 5.46. The van der Waals surface area contributed by atoms with Crippen molar-refractivity contribution in [3.8, 4) is 0 Å². The highest BCUT2D eigenvalue weighted by molar-refractivity contribution is 5.75. The molecule has 0 saturated carbocycles. The number of aromatic nitrogens is 2. The maximum atomic E-state index is 4.76. The molecule has 0 aliphatic heterocycles. The fourth-order valence-electron chi connectivity index (χ4n) is 2.77. The molecule has 1 heterocycles. The van der Waals surface area contributed by atoms with Gasteiger partial charge in [-0.1, -0.05) is 42.5 Å². The number of rotatable bonds is 5. The molecule has 3 nitrogen and oxygen atoms in total. The summed E-state index contributed by atoms with van der Waals surface area (Å²) in [5.74, 6) is 1.13. The Morgan fingerprint density at radius 1 is 1.00 bits per heavy atom. The van der Waals surface area contributed by atoms with Crippen LogP contribution in [0.25, 0.3) is 11.0 Å². The highest BCUT2D eigenvalue weighted by atomic mass is 15.1. The van der Waals surface area contributed by atoms with E-state index in [4.69, 9.17) is 4.98 Å². The van der Waals surface area contributed by atoms with Gasteiger partial charge in [-0.15, -0.1) is 0 Å². The molecule has 3 heteroatoms. The highest BCUT2D eigenvalue weighted by Gasteiger charge is 2.13. The van der Waals surface area contributed by atoms with Gasteiger partial charge >= 0.3 is 0 Å². The van der Waals surface area contributed by atoms with Gasteiger partial charge in [-0.3, -0.25) is 0 Å². The van der Waals surface area contributed by atoms with Gasteiger partial charge in [0.25, 0.3) is 0 Å². The van der Waals surface area contributed by atoms with Crippen LogP contribution in [0.15, 0.2) is 54.6 Å². The molecule has 0 radical (unpaired) electrons. The van der Waals surface area contributed by atoms with Gasteiger partial charge in [0.15, 0.2) is 0 Å². The molecule has 1 atom stereocenters. The zero-order valence-corrected chi connectivity index (χ0v) is 12.6. The minimum absolute atomic E-state index is 0.392. The topological polar surface area (TPSA) is 29.9 Å². The molecule has 1 N–H and O–H groups in total. The highest BCUT2D eigenvalue weighted by Crippen LogP contribution is 2.16. The van der Waals surface area contributed by atoms with Crippen LogP contribution in [0.4, 0.5) is 0 Å². The summed E-state index contributed by atoms with van der Waals surface area (Å²) in [7, 11) is 4.12. The molecule has 21 heavy (non-hydrogen) atoms. The van der Waals surface area contributed by atoms with E-state index >= 15 is 0 Å². The zero-order valence-electron chi connectivity index (χ0n) is 12.6. The van der Waals surface area contributed by atoms with Crippen molar-refractivity contribution in [3.63, 3.8) is 0 Å². The molecule has 1 unspecified atom stereocenters. The molecular formula is C18H21N3. The lowest BCUT2D eigenvalue weighted by Gasteiger charge is -2.16. The van der Waals surface area contributed by atoms with Gasteiger partial charge in [0.05, 0.1) is 11.0 Å². The Bertz CT molecular complexity index is 716. The Labute approximate surface area is 125 Å². The zero-order chi connectivity index (χ0) is 14.7. The van der Waals surface area contributed by atoms with E-state index in [1.807, 2.05) is 13.1 Å². The minimum atomic E-state index is 0.392. The van der Waals surface area contributed by atoms with Crippen molar-refractivity contribution >= 4 is 11.0 Å². The number of aryl methyl sites for hydroxylation is 1. The lowest BCUT2D eigenvalue weighted by molar-refractivity contribution is 0.536. The maximum absolute atomic E-state index is 4.76. The van der Waals surface area contributed by atoms with Crippen LogP contribution in [0.3, 0.4) is 0 Å². The third kappa shape index (κ3) is 2.98. The fraction of sp³-hybridized carbons (Fsp3) is 0.278. The second kappa shape index (κ2) is 6.10. The normalized spacial score (nSPS) is 12.7. The van der Waals surface area contributed by atoms with Crippen molar-refractivity contribution in [1.82, 2.24) is 14.9 Å². The fourth-order valence-corrected chi connectivity index (χ4v) is 2.77. The first-order chi connectivity index (χ1) is 10.3. The van der Waals surface area contributed by atoms with Crippen molar-refractivity contribution in [2.24, 2.45) is 7.05 Å². The van der Waals surface area contributed by atoms with Gasteiger partial charge < -0.3 is 9.88 Å². The summed E-state index contributed by atoms with van der Waals surface area (Å²) < 4.78 is 2.20. The van der Waals surface area contributed by atoms with Gasteiger partial charge in [-0.05, 0) is 31.2 Å². The Hall–Kier alpha value is -2.13. The van der Waals surface area contributed by atoms with Crippen molar-refractivity contribution in [2.75, 3.05) is 7.05 Å². The molecule has 0 bridgehead atoms. The Morgan fingerprint density at radius 3 is 2.43 bits per heavy atom. The minimum Gasteiger partial charge on any atom is -0.331 e. The molecule has 0 spiro atoms. The largest absolute Gasteiger partial charge is 0.331 e. The molecule has 0 aliphatic carbocycles. The Kier molecular flexibility index (Phi) is 4.02. The van der Waals surface area contributed by atoms with E-state index < -0.39 is 0 Å². The molecule has 0 aliphatic rings. The van der Waals surface area contributed by atoms with Crippen molar-refractivity contribution in [3.05, 3.63) is 66.0 Å². The Morgan fingerprint density at radius 2 is 1.71 bits per heavy atom. The quantitative estimate of drug-likeness (QED) is 0.778. The number of likely N-dealkylation sites (N-methyl/N-ethyl adjacent to an activating group) is 1. The Balaban J connectivity index is 1.81. The van der Waals surface area contributed by atoms with Gasteiger partial charge in [0, 0.05) is 19.5 Å². The molecule has 1 aromatic heterocycles. The standard InChI is InChI=1S/C18H21N3/c1-19-15(12-14-8-4-3-5-9-14)13-18-20-16-10-6-7-11-17(16)21(18)2/h3-11,15,19H,12-13H2,1-2H3. The number of para-hydroxylation sites is 2. The average Bonchev–Trinajstić information content (AvgIpc) is 2.84. The van der Waals surface area contributed by atoms with Crippen molar-refractivity contribution in [1.29, 1.82) is 0 Å². The van der Waals surface area contributed by atoms with Crippen LogP contribution in [0, 0.1) is 0 Å². The summed E-state index contributed by atoms with van der Waals surface area (Å²) in [6.45, 7) is 0. The van der Waals surface area contributed by atoms with E-state index in [0.717, 1.165) is 24.2 Å². The van der Waals surface area contributed by atoms with Crippen LogP contribution < -0.4 is 5.32 Å². The van der Waals surface area contributed by atoms with Crippen LogP contribution in [0.2, 0.25) is 0 Å². The first kappa shape index (κ1) is 13.8. The molecule has 3 rings (SSSR count). The monoisotopic (exact) mass is 279 g/mol. The predicted octanol–water partition coefficient (Wildman–Crippen LogP) is 2.95. The predicted molar refractivity (Wildman–Crippen MR) is 87.4 cm³/mol. The third-order valence-corrected chi connectivity index (χ3v) is 4.04. The first-order valence-corrected chi connectivity index (χ1v) is 7.39.